The summed E-state index contributed by atoms with van der Waals surface area (Å²) in [5.74, 6) is 0.134. The number of ether oxygens (including phenoxy) is 2. The number of carbonyl (C=O) groups excluding carboxylic acids is 2. The van der Waals surface area contributed by atoms with Crippen molar-refractivity contribution in [3.05, 3.63) is 24.3 Å². The number of anilines is 1. The second-order valence-electron chi connectivity index (χ2n) is 5.89. The molecule has 1 atom stereocenters. The summed E-state index contributed by atoms with van der Waals surface area (Å²) < 4.78 is 10.7. The van der Waals surface area contributed by atoms with Gasteiger partial charge in [0.25, 0.3) is 0 Å². The Hall–Kier alpha value is -2.08. The maximum Gasteiger partial charge on any atom is 0.229 e. The third-order valence-electron chi connectivity index (χ3n) is 3.66. The Morgan fingerprint density at radius 1 is 1.39 bits per heavy atom. The highest BCUT2D eigenvalue weighted by Crippen LogP contribution is 2.27. The Morgan fingerprint density at radius 3 is 2.83 bits per heavy atom. The maximum atomic E-state index is 12.4. The molecule has 23 heavy (non-hydrogen) atoms. The number of carbonyl (C=O) groups is 2. The number of hydrogen-bond acceptors (Lipinski definition) is 4. The Labute approximate surface area is 136 Å². The summed E-state index contributed by atoms with van der Waals surface area (Å²) in [5.41, 5.74) is 0.633. The monoisotopic (exact) mass is 320 g/mol. The first-order valence-corrected chi connectivity index (χ1v) is 7.84. The summed E-state index contributed by atoms with van der Waals surface area (Å²) in [5, 5.41) is 2.88. The van der Waals surface area contributed by atoms with Gasteiger partial charge in [-0.3, -0.25) is 9.59 Å². The van der Waals surface area contributed by atoms with E-state index < -0.39 is 0 Å². The molecular weight excluding hydrogens is 296 g/mol. The van der Waals surface area contributed by atoms with E-state index in [1.165, 1.54) is 0 Å². The van der Waals surface area contributed by atoms with Crippen LogP contribution in [0.4, 0.5) is 5.69 Å². The van der Waals surface area contributed by atoms with E-state index in [1.807, 2.05) is 32.0 Å². The van der Waals surface area contributed by atoms with Gasteiger partial charge in [0, 0.05) is 26.6 Å². The summed E-state index contributed by atoms with van der Waals surface area (Å²) in [6.07, 6.45) is 0.258. The minimum absolute atomic E-state index is 0.00563. The van der Waals surface area contributed by atoms with Gasteiger partial charge >= 0.3 is 0 Å². The molecule has 6 nitrogen and oxygen atoms in total. The highest BCUT2D eigenvalue weighted by molar-refractivity contribution is 5.98. The van der Waals surface area contributed by atoms with Crippen LogP contribution in [-0.2, 0) is 14.3 Å². The second-order valence-corrected chi connectivity index (χ2v) is 5.89. The van der Waals surface area contributed by atoms with E-state index in [4.69, 9.17) is 9.47 Å². The standard InChI is InChI=1S/C17H24N2O4/c1-12(2)23-15-7-5-4-6-14(15)18-17(21)13-10-16(20)19(11-13)8-9-22-3/h4-7,12-13H,8-11H2,1-3H3,(H,18,21). The number of methoxy groups -OCH3 is 1. The molecule has 0 aliphatic carbocycles. The molecule has 0 aromatic heterocycles. The van der Waals surface area contributed by atoms with Gasteiger partial charge in [0.2, 0.25) is 11.8 Å². The summed E-state index contributed by atoms with van der Waals surface area (Å²) in [7, 11) is 1.59. The van der Waals surface area contributed by atoms with Crippen molar-refractivity contribution in [2.45, 2.75) is 26.4 Å². The van der Waals surface area contributed by atoms with Gasteiger partial charge in [-0.1, -0.05) is 12.1 Å². The molecule has 1 unspecified atom stereocenters. The minimum atomic E-state index is -0.341. The Kier molecular flexibility index (Phi) is 5.98. The van der Waals surface area contributed by atoms with Gasteiger partial charge in [-0.05, 0) is 26.0 Å². The van der Waals surface area contributed by atoms with Gasteiger partial charge in [0.05, 0.1) is 24.3 Å². The van der Waals surface area contributed by atoms with Crippen molar-refractivity contribution in [2.24, 2.45) is 5.92 Å². The highest BCUT2D eigenvalue weighted by atomic mass is 16.5. The maximum absolute atomic E-state index is 12.4. The van der Waals surface area contributed by atoms with Crippen LogP contribution < -0.4 is 10.1 Å². The van der Waals surface area contributed by atoms with E-state index in [9.17, 15) is 9.59 Å². The average molecular weight is 320 g/mol. The molecule has 0 radical (unpaired) electrons. The highest BCUT2D eigenvalue weighted by Gasteiger charge is 2.34. The van der Waals surface area contributed by atoms with Gasteiger partial charge in [-0.25, -0.2) is 0 Å². The number of para-hydroxylation sites is 2. The molecule has 0 spiro atoms. The van der Waals surface area contributed by atoms with E-state index >= 15 is 0 Å². The number of nitrogens with one attached hydrogen (secondary N) is 1. The molecule has 0 saturated carbocycles. The minimum Gasteiger partial charge on any atom is -0.489 e. The third-order valence-corrected chi connectivity index (χ3v) is 3.66. The lowest BCUT2D eigenvalue weighted by Gasteiger charge is -2.17. The number of benzene rings is 1. The smallest absolute Gasteiger partial charge is 0.229 e. The van der Waals surface area contributed by atoms with Gasteiger partial charge < -0.3 is 19.7 Å². The van der Waals surface area contributed by atoms with Crippen LogP contribution in [0.3, 0.4) is 0 Å². The molecule has 1 aliphatic heterocycles. The average Bonchev–Trinajstić information content (AvgIpc) is 2.88. The first-order chi connectivity index (χ1) is 11.0. The summed E-state index contributed by atoms with van der Waals surface area (Å²) in [4.78, 5) is 26.0. The predicted molar refractivity (Wildman–Crippen MR) is 87.4 cm³/mol. The van der Waals surface area contributed by atoms with Crippen LogP contribution in [0.1, 0.15) is 20.3 Å². The first-order valence-electron chi connectivity index (χ1n) is 7.84. The van der Waals surface area contributed by atoms with Crippen molar-refractivity contribution in [2.75, 3.05) is 32.1 Å². The first kappa shape index (κ1) is 17.3. The zero-order valence-corrected chi connectivity index (χ0v) is 13.9. The van der Waals surface area contributed by atoms with Crippen LogP contribution >= 0.6 is 0 Å². The van der Waals surface area contributed by atoms with E-state index in [2.05, 4.69) is 5.32 Å². The van der Waals surface area contributed by atoms with E-state index in [1.54, 1.807) is 18.1 Å². The lowest BCUT2D eigenvalue weighted by atomic mass is 10.1. The van der Waals surface area contributed by atoms with Crippen LogP contribution in [0.25, 0.3) is 0 Å². The predicted octanol–water partition coefficient (Wildman–Crippen LogP) is 1.91. The van der Waals surface area contributed by atoms with Crippen LogP contribution in [0.15, 0.2) is 24.3 Å². The topological polar surface area (TPSA) is 67.9 Å². The van der Waals surface area contributed by atoms with Gasteiger partial charge in [0.15, 0.2) is 0 Å². The number of nitrogens with zero attached hydrogens (tertiary/aromatic N) is 1. The van der Waals surface area contributed by atoms with Gasteiger partial charge in [-0.15, -0.1) is 0 Å². The quantitative estimate of drug-likeness (QED) is 0.833. The van der Waals surface area contributed by atoms with E-state index in [-0.39, 0.29) is 30.3 Å². The van der Waals surface area contributed by atoms with Crippen LogP contribution in [-0.4, -0.2) is 49.6 Å². The van der Waals surface area contributed by atoms with Crippen molar-refractivity contribution in [3.63, 3.8) is 0 Å². The third kappa shape index (κ3) is 4.69. The molecule has 1 aromatic rings. The van der Waals surface area contributed by atoms with Crippen molar-refractivity contribution in [1.29, 1.82) is 0 Å². The number of likely N-dealkylation sites (tertiary alicyclic amines) is 1. The Morgan fingerprint density at radius 2 is 2.13 bits per heavy atom. The van der Waals surface area contributed by atoms with Crippen molar-refractivity contribution >= 4 is 17.5 Å². The summed E-state index contributed by atoms with van der Waals surface area (Å²) >= 11 is 0. The molecule has 1 saturated heterocycles. The van der Waals surface area contributed by atoms with Crippen LogP contribution in [0.5, 0.6) is 5.75 Å². The molecule has 1 aromatic carbocycles. The number of hydrogen-bond donors (Lipinski definition) is 1. The molecule has 0 bridgehead atoms. The molecular formula is C17H24N2O4. The zero-order chi connectivity index (χ0) is 16.8. The van der Waals surface area contributed by atoms with E-state index in [0.29, 0.717) is 31.1 Å². The number of amides is 2. The van der Waals surface area contributed by atoms with Crippen LogP contribution in [0, 0.1) is 5.92 Å². The summed E-state index contributed by atoms with van der Waals surface area (Å²) in [6.45, 7) is 5.29. The molecule has 1 aliphatic rings. The van der Waals surface area contributed by atoms with Gasteiger partial charge in [0.1, 0.15) is 5.75 Å². The molecule has 2 rings (SSSR count). The Balaban J connectivity index is 1.99. The Bertz CT molecular complexity index is 559. The molecule has 126 valence electrons. The lowest BCUT2D eigenvalue weighted by Crippen LogP contribution is -2.30. The fourth-order valence-electron chi connectivity index (χ4n) is 2.53. The van der Waals surface area contributed by atoms with Crippen molar-refractivity contribution in [1.82, 2.24) is 4.90 Å². The van der Waals surface area contributed by atoms with Crippen molar-refractivity contribution < 1.29 is 19.1 Å². The SMILES string of the molecule is COCCN1CC(C(=O)Nc2ccccc2OC(C)C)CC1=O. The molecule has 2 amide bonds. The van der Waals surface area contributed by atoms with Crippen LogP contribution in [0.2, 0.25) is 0 Å². The normalized spacial score (nSPS) is 17.7. The zero-order valence-electron chi connectivity index (χ0n) is 13.9. The van der Waals surface area contributed by atoms with Crippen molar-refractivity contribution in [3.8, 4) is 5.75 Å². The second kappa shape index (κ2) is 7.97. The molecule has 6 heteroatoms. The summed E-state index contributed by atoms with van der Waals surface area (Å²) in [6, 6.07) is 7.32. The van der Waals surface area contributed by atoms with E-state index in [0.717, 1.165) is 0 Å². The number of rotatable bonds is 7. The fourth-order valence-corrected chi connectivity index (χ4v) is 2.53. The molecule has 1 heterocycles. The molecule has 1 N–H and O–H groups in total. The molecule has 1 fully saturated rings. The fraction of sp³-hybridized carbons (Fsp3) is 0.529. The lowest BCUT2D eigenvalue weighted by molar-refractivity contribution is -0.128. The van der Waals surface area contributed by atoms with Gasteiger partial charge in [-0.2, -0.15) is 0 Å². The largest absolute Gasteiger partial charge is 0.489 e.